The number of para-hydroxylation sites is 1. The van der Waals surface area contributed by atoms with E-state index in [1.807, 2.05) is 0 Å². The summed E-state index contributed by atoms with van der Waals surface area (Å²) in [5, 5.41) is 1.25. The number of hydrogen-bond acceptors (Lipinski definition) is 2. The van der Waals surface area contributed by atoms with E-state index in [1.54, 1.807) is 0 Å². The van der Waals surface area contributed by atoms with Crippen molar-refractivity contribution in [2.45, 2.75) is 45.4 Å². The lowest BCUT2D eigenvalue weighted by molar-refractivity contribution is 0.573. The average Bonchev–Trinajstić information content (AvgIpc) is 2.46. The first-order valence-electron chi connectivity index (χ1n) is 7.71. The van der Waals surface area contributed by atoms with Crippen LogP contribution in [0.4, 0.5) is 5.82 Å². The molecule has 1 fully saturated rings. The van der Waals surface area contributed by atoms with Gasteiger partial charge in [0.25, 0.3) is 0 Å². The van der Waals surface area contributed by atoms with Crippen molar-refractivity contribution in [3.63, 3.8) is 0 Å². The lowest BCUT2D eigenvalue weighted by atomic mass is 9.85. The van der Waals surface area contributed by atoms with E-state index in [2.05, 4.69) is 56.0 Å². The highest BCUT2D eigenvalue weighted by Crippen LogP contribution is 2.30. The molecule has 0 aliphatic carbocycles. The van der Waals surface area contributed by atoms with Crippen LogP contribution in [0.25, 0.3) is 10.9 Å². The van der Waals surface area contributed by atoms with Crippen molar-refractivity contribution in [3.05, 3.63) is 35.9 Å². The second-order valence-corrected chi connectivity index (χ2v) is 6.84. The van der Waals surface area contributed by atoms with Gasteiger partial charge in [-0.25, -0.2) is 4.98 Å². The van der Waals surface area contributed by atoms with Crippen molar-refractivity contribution in [2.24, 2.45) is 0 Å². The molecule has 3 rings (SSSR count). The second-order valence-electron chi connectivity index (χ2n) is 6.84. The molecule has 1 aromatic heterocycles. The van der Waals surface area contributed by atoms with Crippen molar-refractivity contribution < 1.29 is 0 Å². The highest BCUT2D eigenvalue weighted by Gasteiger charge is 2.19. The Morgan fingerprint density at radius 3 is 2.40 bits per heavy atom. The van der Waals surface area contributed by atoms with E-state index in [-0.39, 0.29) is 5.41 Å². The van der Waals surface area contributed by atoms with Crippen LogP contribution in [0.15, 0.2) is 30.3 Å². The Kier molecular flexibility index (Phi) is 3.41. The van der Waals surface area contributed by atoms with Gasteiger partial charge >= 0.3 is 0 Å². The van der Waals surface area contributed by atoms with Crippen LogP contribution < -0.4 is 4.90 Å². The minimum absolute atomic E-state index is 0.132. The number of anilines is 1. The Morgan fingerprint density at radius 2 is 1.70 bits per heavy atom. The molecule has 0 unspecified atom stereocenters. The SMILES string of the molecule is CC(C)(C)c1cccc2ccc(N3CCCCC3)nc12. The molecule has 2 heteroatoms. The number of hydrogen-bond donors (Lipinski definition) is 0. The monoisotopic (exact) mass is 268 g/mol. The van der Waals surface area contributed by atoms with E-state index in [0.29, 0.717) is 0 Å². The molecule has 0 saturated carbocycles. The molecule has 2 aromatic rings. The molecule has 106 valence electrons. The van der Waals surface area contributed by atoms with E-state index in [4.69, 9.17) is 4.98 Å². The predicted octanol–water partition coefficient (Wildman–Crippen LogP) is 4.52. The van der Waals surface area contributed by atoms with E-state index in [0.717, 1.165) is 18.9 Å². The van der Waals surface area contributed by atoms with Gasteiger partial charge in [-0.2, -0.15) is 0 Å². The van der Waals surface area contributed by atoms with Gasteiger partial charge in [-0.1, -0.05) is 39.0 Å². The highest BCUT2D eigenvalue weighted by molar-refractivity contribution is 5.84. The summed E-state index contributed by atoms with van der Waals surface area (Å²) in [7, 11) is 0. The molecule has 20 heavy (non-hydrogen) atoms. The van der Waals surface area contributed by atoms with Gasteiger partial charge in [-0.05, 0) is 42.4 Å². The Bertz CT molecular complexity index is 604. The van der Waals surface area contributed by atoms with Crippen molar-refractivity contribution >= 4 is 16.7 Å². The molecule has 0 amide bonds. The fourth-order valence-corrected chi connectivity index (χ4v) is 3.04. The van der Waals surface area contributed by atoms with Gasteiger partial charge in [0.2, 0.25) is 0 Å². The molecule has 1 saturated heterocycles. The summed E-state index contributed by atoms with van der Waals surface area (Å²) in [6, 6.07) is 10.9. The Hall–Kier alpha value is -1.57. The lowest BCUT2D eigenvalue weighted by Gasteiger charge is -2.28. The minimum Gasteiger partial charge on any atom is -0.357 e. The number of nitrogens with zero attached hydrogens (tertiary/aromatic N) is 2. The topological polar surface area (TPSA) is 16.1 Å². The van der Waals surface area contributed by atoms with Gasteiger partial charge < -0.3 is 4.90 Å². The molecule has 1 aromatic carbocycles. The molecule has 1 aliphatic heterocycles. The number of piperidine rings is 1. The number of pyridine rings is 1. The molecule has 0 atom stereocenters. The van der Waals surface area contributed by atoms with Crippen LogP contribution in [0.3, 0.4) is 0 Å². The van der Waals surface area contributed by atoms with Crippen LogP contribution in [0, 0.1) is 0 Å². The van der Waals surface area contributed by atoms with Crippen molar-refractivity contribution in [1.29, 1.82) is 0 Å². The van der Waals surface area contributed by atoms with Gasteiger partial charge in [0, 0.05) is 18.5 Å². The first kappa shape index (κ1) is 13.4. The number of fused-ring (bicyclic) bond motifs is 1. The molecular weight excluding hydrogens is 244 g/mol. The third-order valence-electron chi connectivity index (χ3n) is 4.19. The molecule has 2 nitrogen and oxygen atoms in total. The summed E-state index contributed by atoms with van der Waals surface area (Å²) in [5.41, 5.74) is 2.64. The van der Waals surface area contributed by atoms with Crippen molar-refractivity contribution in [3.8, 4) is 0 Å². The van der Waals surface area contributed by atoms with Crippen LogP contribution >= 0.6 is 0 Å². The largest absolute Gasteiger partial charge is 0.357 e. The average molecular weight is 268 g/mol. The molecule has 0 radical (unpaired) electrons. The Morgan fingerprint density at radius 1 is 0.950 bits per heavy atom. The standard InChI is InChI=1S/C18H24N2/c1-18(2,3)15-9-7-8-14-10-11-16(19-17(14)15)20-12-5-4-6-13-20/h7-11H,4-6,12-13H2,1-3H3. The molecule has 1 aliphatic rings. The van der Waals surface area contributed by atoms with Gasteiger partial charge in [-0.3, -0.25) is 0 Å². The van der Waals surface area contributed by atoms with E-state index in [9.17, 15) is 0 Å². The summed E-state index contributed by atoms with van der Waals surface area (Å²) in [6.07, 6.45) is 3.94. The first-order chi connectivity index (χ1) is 9.55. The maximum absolute atomic E-state index is 4.99. The van der Waals surface area contributed by atoms with E-state index >= 15 is 0 Å². The number of benzene rings is 1. The minimum atomic E-state index is 0.132. The lowest BCUT2D eigenvalue weighted by Crippen LogP contribution is -2.30. The third kappa shape index (κ3) is 2.52. The Labute approximate surface area is 121 Å². The van der Waals surface area contributed by atoms with Crippen molar-refractivity contribution in [1.82, 2.24) is 4.98 Å². The number of aromatic nitrogens is 1. The maximum Gasteiger partial charge on any atom is 0.129 e. The zero-order valence-corrected chi connectivity index (χ0v) is 12.8. The van der Waals surface area contributed by atoms with Gasteiger partial charge in [0.05, 0.1) is 5.52 Å². The van der Waals surface area contributed by atoms with Crippen LogP contribution in [0.1, 0.15) is 45.6 Å². The maximum atomic E-state index is 4.99. The molecule has 0 N–H and O–H groups in total. The fourth-order valence-electron chi connectivity index (χ4n) is 3.04. The third-order valence-corrected chi connectivity index (χ3v) is 4.19. The second kappa shape index (κ2) is 5.08. The quantitative estimate of drug-likeness (QED) is 0.755. The van der Waals surface area contributed by atoms with Crippen LogP contribution in [-0.4, -0.2) is 18.1 Å². The number of rotatable bonds is 1. The predicted molar refractivity (Wildman–Crippen MR) is 86.5 cm³/mol. The molecule has 0 bridgehead atoms. The zero-order valence-electron chi connectivity index (χ0n) is 12.8. The molecular formula is C18H24N2. The molecule has 0 spiro atoms. The highest BCUT2D eigenvalue weighted by atomic mass is 15.2. The first-order valence-corrected chi connectivity index (χ1v) is 7.71. The zero-order chi connectivity index (χ0) is 14.2. The van der Waals surface area contributed by atoms with Crippen LogP contribution in [0.2, 0.25) is 0 Å². The smallest absolute Gasteiger partial charge is 0.129 e. The van der Waals surface area contributed by atoms with Gasteiger partial charge in [-0.15, -0.1) is 0 Å². The summed E-state index contributed by atoms with van der Waals surface area (Å²) >= 11 is 0. The summed E-state index contributed by atoms with van der Waals surface area (Å²) in [4.78, 5) is 7.42. The summed E-state index contributed by atoms with van der Waals surface area (Å²) in [6.45, 7) is 9.08. The van der Waals surface area contributed by atoms with Gasteiger partial charge in [0.1, 0.15) is 5.82 Å². The van der Waals surface area contributed by atoms with Crippen molar-refractivity contribution in [2.75, 3.05) is 18.0 Å². The normalized spacial score (nSPS) is 16.6. The Balaban J connectivity index is 2.09. The molecule has 2 heterocycles. The van der Waals surface area contributed by atoms with Crippen LogP contribution in [0.5, 0.6) is 0 Å². The van der Waals surface area contributed by atoms with E-state index < -0.39 is 0 Å². The summed E-state index contributed by atoms with van der Waals surface area (Å²) < 4.78 is 0. The van der Waals surface area contributed by atoms with Crippen LogP contribution in [-0.2, 0) is 5.41 Å². The summed E-state index contributed by atoms with van der Waals surface area (Å²) in [5.74, 6) is 1.15. The van der Waals surface area contributed by atoms with Gasteiger partial charge in [0.15, 0.2) is 0 Å². The fraction of sp³-hybridized carbons (Fsp3) is 0.500. The van der Waals surface area contributed by atoms with E-state index in [1.165, 1.54) is 35.7 Å².